The van der Waals surface area contributed by atoms with Crippen LogP contribution < -0.4 is 5.73 Å². The summed E-state index contributed by atoms with van der Waals surface area (Å²) in [6.45, 7) is 0. The van der Waals surface area contributed by atoms with E-state index < -0.39 is 17.7 Å². The zero-order valence-electron chi connectivity index (χ0n) is 9.35. The Morgan fingerprint density at radius 1 is 1.37 bits per heavy atom. The maximum Gasteiger partial charge on any atom is 0.419 e. The third-order valence-electron chi connectivity index (χ3n) is 2.41. The van der Waals surface area contributed by atoms with E-state index in [1.807, 2.05) is 0 Å². The van der Waals surface area contributed by atoms with Crippen molar-refractivity contribution in [3.8, 4) is 5.69 Å². The standard InChI is InChI=1S/C11H8F3N3O2/c12-11(13,14)6-4-16-17(5-6)9-2-1-7(15)3-8(9)10(18)19/h1-5H,15H2,(H,18,19). The Morgan fingerprint density at radius 3 is 2.58 bits per heavy atom. The summed E-state index contributed by atoms with van der Waals surface area (Å²) >= 11 is 0. The summed E-state index contributed by atoms with van der Waals surface area (Å²) < 4.78 is 38.2. The Hall–Kier alpha value is -2.51. The van der Waals surface area contributed by atoms with Crippen LogP contribution in [0.1, 0.15) is 15.9 Å². The Labute approximate surface area is 105 Å². The minimum absolute atomic E-state index is 0.0113. The number of halogens is 3. The van der Waals surface area contributed by atoms with Crippen molar-refractivity contribution in [3.05, 3.63) is 41.7 Å². The van der Waals surface area contributed by atoms with Gasteiger partial charge in [0.15, 0.2) is 0 Å². The zero-order valence-corrected chi connectivity index (χ0v) is 9.35. The van der Waals surface area contributed by atoms with Gasteiger partial charge < -0.3 is 10.8 Å². The number of carboxylic acid groups (broad SMARTS) is 1. The number of carbonyl (C=O) groups is 1. The van der Waals surface area contributed by atoms with Crippen LogP contribution in [0.25, 0.3) is 5.69 Å². The number of nitrogen functional groups attached to an aromatic ring is 1. The number of alkyl halides is 3. The fourth-order valence-corrected chi connectivity index (χ4v) is 1.53. The summed E-state index contributed by atoms with van der Waals surface area (Å²) in [6, 6.07) is 3.84. The van der Waals surface area contributed by atoms with E-state index in [0.717, 1.165) is 16.9 Å². The molecule has 8 heteroatoms. The van der Waals surface area contributed by atoms with E-state index in [1.54, 1.807) is 0 Å². The Bertz CT molecular complexity index is 634. The third kappa shape index (κ3) is 2.51. The Balaban J connectivity index is 2.53. The summed E-state index contributed by atoms with van der Waals surface area (Å²) in [5.41, 5.74) is 4.47. The second-order valence-corrected chi connectivity index (χ2v) is 3.75. The molecule has 0 spiro atoms. The quantitative estimate of drug-likeness (QED) is 0.820. The first-order chi connectivity index (χ1) is 8.79. The number of benzene rings is 1. The molecule has 0 bridgehead atoms. The summed E-state index contributed by atoms with van der Waals surface area (Å²) in [6.07, 6.45) is -3.19. The van der Waals surface area contributed by atoms with E-state index in [-0.39, 0.29) is 16.9 Å². The number of hydrogen-bond acceptors (Lipinski definition) is 3. The predicted octanol–water partition coefficient (Wildman–Crippen LogP) is 2.17. The molecule has 0 saturated carbocycles. The van der Waals surface area contributed by atoms with Crippen LogP contribution >= 0.6 is 0 Å². The summed E-state index contributed by atoms with van der Waals surface area (Å²) in [4.78, 5) is 11.0. The lowest BCUT2D eigenvalue weighted by molar-refractivity contribution is -0.137. The lowest BCUT2D eigenvalue weighted by Gasteiger charge is -2.07. The van der Waals surface area contributed by atoms with Crippen LogP contribution in [0.15, 0.2) is 30.6 Å². The highest BCUT2D eigenvalue weighted by atomic mass is 19.4. The van der Waals surface area contributed by atoms with Crippen molar-refractivity contribution in [1.29, 1.82) is 0 Å². The van der Waals surface area contributed by atoms with Crippen LogP contribution in [0.3, 0.4) is 0 Å². The molecule has 0 unspecified atom stereocenters. The number of aromatic carboxylic acids is 1. The first kappa shape index (κ1) is 12.9. The molecule has 0 amide bonds. The number of aromatic nitrogens is 2. The fourth-order valence-electron chi connectivity index (χ4n) is 1.53. The molecular formula is C11H8F3N3O2. The van der Waals surface area contributed by atoms with Gasteiger partial charge in [0.05, 0.1) is 23.0 Å². The lowest BCUT2D eigenvalue weighted by Crippen LogP contribution is -2.07. The van der Waals surface area contributed by atoms with Crippen LogP contribution in [0.2, 0.25) is 0 Å². The highest BCUT2D eigenvalue weighted by molar-refractivity contribution is 5.93. The predicted molar refractivity (Wildman–Crippen MR) is 59.9 cm³/mol. The summed E-state index contributed by atoms with van der Waals surface area (Å²) in [7, 11) is 0. The van der Waals surface area contributed by atoms with Gasteiger partial charge in [-0.2, -0.15) is 18.3 Å². The summed E-state index contributed by atoms with van der Waals surface area (Å²) in [5, 5.41) is 12.5. The maximum absolute atomic E-state index is 12.5. The molecule has 5 nitrogen and oxygen atoms in total. The smallest absolute Gasteiger partial charge is 0.419 e. The first-order valence-electron chi connectivity index (χ1n) is 5.04. The highest BCUT2D eigenvalue weighted by Gasteiger charge is 2.32. The molecule has 100 valence electrons. The van der Waals surface area contributed by atoms with Gasteiger partial charge in [0, 0.05) is 11.9 Å². The van der Waals surface area contributed by atoms with E-state index in [0.29, 0.717) is 6.20 Å². The van der Waals surface area contributed by atoms with E-state index in [1.165, 1.54) is 12.1 Å². The van der Waals surface area contributed by atoms with E-state index in [4.69, 9.17) is 10.8 Å². The molecule has 3 N–H and O–H groups in total. The number of anilines is 1. The van der Waals surface area contributed by atoms with E-state index in [9.17, 15) is 18.0 Å². The van der Waals surface area contributed by atoms with Gasteiger partial charge in [-0.1, -0.05) is 0 Å². The largest absolute Gasteiger partial charge is 0.478 e. The normalized spacial score (nSPS) is 11.5. The first-order valence-corrected chi connectivity index (χ1v) is 5.04. The molecule has 1 aromatic heterocycles. The number of nitrogens with zero attached hydrogens (tertiary/aromatic N) is 2. The van der Waals surface area contributed by atoms with E-state index in [2.05, 4.69) is 5.10 Å². The van der Waals surface area contributed by atoms with Gasteiger partial charge in [0.1, 0.15) is 0 Å². The minimum atomic E-state index is -4.53. The second-order valence-electron chi connectivity index (χ2n) is 3.75. The number of nitrogens with two attached hydrogens (primary N) is 1. The molecule has 0 aliphatic heterocycles. The van der Waals surface area contributed by atoms with Gasteiger partial charge >= 0.3 is 12.1 Å². The van der Waals surface area contributed by atoms with Gasteiger partial charge in [-0.3, -0.25) is 0 Å². The van der Waals surface area contributed by atoms with Crippen molar-refractivity contribution in [2.75, 3.05) is 5.73 Å². The number of hydrogen-bond donors (Lipinski definition) is 2. The SMILES string of the molecule is Nc1ccc(-n2cc(C(F)(F)F)cn2)c(C(=O)O)c1. The average Bonchev–Trinajstić information content (AvgIpc) is 2.77. The molecular weight excluding hydrogens is 263 g/mol. The van der Waals surface area contributed by atoms with Crippen LogP contribution in [0.5, 0.6) is 0 Å². The van der Waals surface area contributed by atoms with E-state index >= 15 is 0 Å². The van der Waals surface area contributed by atoms with Crippen LogP contribution in [-0.4, -0.2) is 20.9 Å². The fraction of sp³-hybridized carbons (Fsp3) is 0.0909. The van der Waals surface area contributed by atoms with Crippen LogP contribution in [0.4, 0.5) is 18.9 Å². The average molecular weight is 271 g/mol. The third-order valence-corrected chi connectivity index (χ3v) is 2.41. The monoisotopic (exact) mass is 271 g/mol. The number of rotatable bonds is 2. The van der Waals surface area contributed by atoms with Gasteiger partial charge in [0.2, 0.25) is 0 Å². The molecule has 19 heavy (non-hydrogen) atoms. The molecule has 2 rings (SSSR count). The number of carboxylic acids is 1. The molecule has 0 saturated heterocycles. The highest BCUT2D eigenvalue weighted by Crippen LogP contribution is 2.29. The second kappa shape index (κ2) is 4.30. The van der Waals surface area contributed by atoms with Crippen LogP contribution in [0, 0.1) is 0 Å². The lowest BCUT2D eigenvalue weighted by atomic mass is 10.1. The van der Waals surface area contributed by atoms with Crippen molar-refractivity contribution in [2.24, 2.45) is 0 Å². The molecule has 0 radical (unpaired) electrons. The molecule has 0 atom stereocenters. The van der Waals surface area contributed by atoms with Crippen molar-refractivity contribution < 1.29 is 23.1 Å². The minimum Gasteiger partial charge on any atom is -0.478 e. The molecule has 0 aliphatic rings. The van der Waals surface area contributed by atoms with Crippen molar-refractivity contribution in [3.63, 3.8) is 0 Å². The molecule has 1 heterocycles. The van der Waals surface area contributed by atoms with Crippen LogP contribution in [-0.2, 0) is 6.18 Å². The Morgan fingerprint density at radius 2 is 2.05 bits per heavy atom. The molecule has 1 aromatic carbocycles. The van der Waals surface area contributed by atoms with Crippen molar-refractivity contribution in [2.45, 2.75) is 6.18 Å². The van der Waals surface area contributed by atoms with Crippen molar-refractivity contribution in [1.82, 2.24) is 9.78 Å². The summed E-state index contributed by atoms with van der Waals surface area (Å²) in [5.74, 6) is -1.30. The van der Waals surface area contributed by atoms with Gasteiger partial charge in [-0.25, -0.2) is 9.48 Å². The molecule has 2 aromatic rings. The Kier molecular flexibility index (Phi) is 2.93. The van der Waals surface area contributed by atoms with Gasteiger partial charge in [-0.05, 0) is 18.2 Å². The molecule has 0 aliphatic carbocycles. The van der Waals surface area contributed by atoms with Gasteiger partial charge in [-0.15, -0.1) is 0 Å². The maximum atomic E-state index is 12.5. The topological polar surface area (TPSA) is 81.1 Å². The van der Waals surface area contributed by atoms with Crippen molar-refractivity contribution >= 4 is 11.7 Å². The zero-order chi connectivity index (χ0) is 14.2. The van der Waals surface area contributed by atoms with Gasteiger partial charge in [0.25, 0.3) is 0 Å². The molecule has 0 fully saturated rings.